The van der Waals surface area contributed by atoms with Gasteiger partial charge in [0.2, 0.25) is 5.91 Å². The molecule has 3 N–H and O–H groups in total. The molecule has 4 heteroatoms. The van der Waals surface area contributed by atoms with E-state index in [9.17, 15) is 4.79 Å². The van der Waals surface area contributed by atoms with Crippen LogP contribution in [0.3, 0.4) is 0 Å². The lowest BCUT2D eigenvalue weighted by Crippen LogP contribution is -2.29. The summed E-state index contributed by atoms with van der Waals surface area (Å²) in [6.07, 6.45) is 2.73. The molecule has 0 atom stereocenters. The Kier molecular flexibility index (Phi) is 8.24. The molecule has 0 radical (unpaired) electrons. The number of nitrogens with two attached hydrogens (primary N) is 1. The topological polar surface area (TPSA) is 55.1 Å². The Labute approximate surface area is 84.8 Å². The highest BCUT2D eigenvalue weighted by Crippen LogP contribution is 2.10. The molecule has 13 heavy (non-hydrogen) atoms. The Balaban J connectivity index is 3.04. The molecule has 0 saturated carbocycles. The highest BCUT2D eigenvalue weighted by Gasteiger charge is 1.98. The van der Waals surface area contributed by atoms with Crippen LogP contribution in [0.5, 0.6) is 0 Å². The minimum Gasteiger partial charge on any atom is -0.294 e. The summed E-state index contributed by atoms with van der Waals surface area (Å²) in [6, 6.07) is 0. The van der Waals surface area contributed by atoms with Crippen molar-refractivity contribution in [1.29, 1.82) is 0 Å². The number of nitrogens with one attached hydrogen (secondary N) is 1. The van der Waals surface area contributed by atoms with Crippen LogP contribution in [0.2, 0.25) is 0 Å². The van der Waals surface area contributed by atoms with Crippen LogP contribution in [0.1, 0.15) is 33.1 Å². The fourth-order valence-corrected chi connectivity index (χ4v) is 2.02. The first kappa shape index (κ1) is 12.8. The van der Waals surface area contributed by atoms with Gasteiger partial charge in [-0.05, 0) is 30.3 Å². The zero-order chi connectivity index (χ0) is 10.1. The molecule has 0 aromatic heterocycles. The molecule has 0 spiro atoms. The smallest absolute Gasteiger partial charge is 0.233 e. The number of rotatable bonds is 7. The Morgan fingerprint density at radius 2 is 2.15 bits per heavy atom. The molecule has 0 saturated heterocycles. The van der Waals surface area contributed by atoms with Crippen LogP contribution in [0.25, 0.3) is 0 Å². The van der Waals surface area contributed by atoms with Crippen molar-refractivity contribution < 1.29 is 4.79 Å². The molecule has 0 aliphatic carbocycles. The van der Waals surface area contributed by atoms with E-state index in [2.05, 4.69) is 19.3 Å². The molecular formula is C9H20N2OS. The molecular weight excluding hydrogens is 184 g/mol. The number of carbonyl (C=O) groups is 1. The number of amides is 1. The molecule has 0 aromatic rings. The van der Waals surface area contributed by atoms with E-state index < -0.39 is 0 Å². The van der Waals surface area contributed by atoms with Crippen LogP contribution < -0.4 is 11.3 Å². The molecule has 0 aliphatic rings. The van der Waals surface area contributed by atoms with Gasteiger partial charge in [0.15, 0.2) is 0 Å². The Bertz CT molecular complexity index is 140. The number of hydrogen-bond donors (Lipinski definition) is 2. The van der Waals surface area contributed by atoms with E-state index in [0.717, 1.165) is 18.1 Å². The van der Waals surface area contributed by atoms with E-state index in [0.29, 0.717) is 6.42 Å². The van der Waals surface area contributed by atoms with E-state index >= 15 is 0 Å². The predicted octanol–water partition coefficient (Wildman–Crippen LogP) is 1.54. The van der Waals surface area contributed by atoms with Crippen molar-refractivity contribution in [2.24, 2.45) is 11.8 Å². The SMILES string of the molecule is CC(C)CCSCCCC(=O)NN. The average Bonchev–Trinajstić information content (AvgIpc) is 2.10. The van der Waals surface area contributed by atoms with Crippen LogP contribution in [0, 0.1) is 5.92 Å². The Morgan fingerprint density at radius 3 is 2.69 bits per heavy atom. The summed E-state index contributed by atoms with van der Waals surface area (Å²) in [5.74, 6) is 7.91. The first-order chi connectivity index (χ1) is 6.16. The molecule has 0 rings (SSSR count). The maximum atomic E-state index is 10.7. The van der Waals surface area contributed by atoms with Gasteiger partial charge in [-0.2, -0.15) is 11.8 Å². The van der Waals surface area contributed by atoms with E-state index in [-0.39, 0.29) is 5.91 Å². The quantitative estimate of drug-likeness (QED) is 0.286. The van der Waals surface area contributed by atoms with Crippen molar-refractivity contribution in [2.75, 3.05) is 11.5 Å². The van der Waals surface area contributed by atoms with Crippen molar-refractivity contribution in [2.45, 2.75) is 33.1 Å². The zero-order valence-corrected chi connectivity index (χ0v) is 9.32. The van der Waals surface area contributed by atoms with Crippen molar-refractivity contribution in [1.82, 2.24) is 5.43 Å². The van der Waals surface area contributed by atoms with Crippen LogP contribution in [-0.4, -0.2) is 17.4 Å². The lowest BCUT2D eigenvalue weighted by molar-refractivity contribution is -0.121. The molecule has 0 heterocycles. The maximum Gasteiger partial charge on any atom is 0.233 e. The zero-order valence-electron chi connectivity index (χ0n) is 8.51. The second-order valence-electron chi connectivity index (χ2n) is 3.47. The highest BCUT2D eigenvalue weighted by molar-refractivity contribution is 7.99. The Hall–Kier alpha value is -0.220. The predicted molar refractivity (Wildman–Crippen MR) is 58.3 cm³/mol. The molecule has 0 fully saturated rings. The highest BCUT2D eigenvalue weighted by atomic mass is 32.2. The van der Waals surface area contributed by atoms with Crippen molar-refractivity contribution >= 4 is 17.7 Å². The van der Waals surface area contributed by atoms with E-state index in [1.807, 2.05) is 11.8 Å². The van der Waals surface area contributed by atoms with Gasteiger partial charge in [0.1, 0.15) is 0 Å². The van der Waals surface area contributed by atoms with Crippen molar-refractivity contribution in [3.63, 3.8) is 0 Å². The number of hydrazine groups is 1. The maximum absolute atomic E-state index is 10.7. The third kappa shape index (κ3) is 9.70. The van der Waals surface area contributed by atoms with Crippen LogP contribution >= 0.6 is 11.8 Å². The minimum absolute atomic E-state index is 0.0653. The normalized spacial score (nSPS) is 10.5. The standard InChI is InChI=1S/C9H20N2OS/c1-8(2)5-7-13-6-3-4-9(12)11-10/h8H,3-7,10H2,1-2H3,(H,11,12). The summed E-state index contributed by atoms with van der Waals surface area (Å²) >= 11 is 1.91. The van der Waals surface area contributed by atoms with Crippen LogP contribution in [0.15, 0.2) is 0 Å². The summed E-state index contributed by atoms with van der Waals surface area (Å²) in [5.41, 5.74) is 2.13. The molecule has 3 nitrogen and oxygen atoms in total. The fourth-order valence-electron chi connectivity index (χ4n) is 0.828. The molecule has 0 bridgehead atoms. The molecule has 0 aliphatic heterocycles. The van der Waals surface area contributed by atoms with Gasteiger partial charge in [-0.1, -0.05) is 13.8 Å². The number of thioether (sulfide) groups is 1. The van der Waals surface area contributed by atoms with Crippen LogP contribution in [-0.2, 0) is 4.79 Å². The van der Waals surface area contributed by atoms with Gasteiger partial charge < -0.3 is 0 Å². The lowest BCUT2D eigenvalue weighted by Gasteiger charge is -2.03. The first-order valence-corrected chi connectivity index (χ1v) is 5.89. The van der Waals surface area contributed by atoms with Crippen molar-refractivity contribution in [3.05, 3.63) is 0 Å². The second-order valence-corrected chi connectivity index (χ2v) is 4.69. The van der Waals surface area contributed by atoms with Gasteiger partial charge in [0.25, 0.3) is 0 Å². The molecule has 1 amide bonds. The number of carbonyl (C=O) groups excluding carboxylic acids is 1. The van der Waals surface area contributed by atoms with Gasteiger partial charge in [-0.15, -0.1) is 0 Å². The number of hydrogen-bond acceptors (Lipinski definition) is 3. The summed E-state index contributed by atoms with van der Waals surface area (Å²) in [4.78, 5) is 10.7. The van der Waals surface area contributed by atoms with Gasteiger partial charge >= 0.3 is 0 Å². The summed E-state index contributed by atoms with van der Waals surface area (Å²) < 4.78 is 0. The third-order valence-electron chi connectivity index (χ3n) is 1.69. The molecule has 78 valence electrons. The molecule has 0 aromatic carbocycles. The summed E-state index contributed by atoms with van der Waals surface area (Å²) in [6.45, 7) is 4.45. The van der Waals surface area contributed by atoms with Gasteiger partial charge in [0, 0.05) is 6.42 Å². The summed E-state index contributed by atoms with van der Waals surface area (Å²) in [5, 5.41) is 0. The van der Waals surface area contributed by atoms with Crippen LogP contribution in [0.4, 0.5) is 0 Å². The summed E-state index contributed by atoms with van der Waals surface area (Å²) in [7, 11) is 0. The van der Waals surface area contributed by atoms with E-state index in [1.54, 1.807) is 0 Å². The van der Waals surface area contributed by atoms with E-state index in [1.165, 1.54) is 12.2 Å². The van der Waals surface area contributed by atoms with Gasteiger partial charge in [-0.3, -0.25) is 10.2 Å². The monoisotopic (exact) mass is 204 g/mol. The first-order valence-electron chi connectivity index (χ1n) is 4.74. The minimum atomic E-state index is -0.0653. The Morgan fingerprint density at radius 1 is 1.46 bits per heavy atom. The molecule has 0 unspecified atom stereocenters. The lowest BCUT2D eigenvalue weighted by atomic mass is 10.2. The fraction of sp³-hybridized carbons (Fsp3) is 0.889. The van der Waals surface area contributed by atoms with Crippen molar-refractivity contribution in [3.8, 4) is 0 Å². The third-order valence-corrected chi connectivity index (χ3v) is 2.79. The average molecular weight is 204 g/mol. The van der Waals surface area contributed by atoms with E-state index in [4.69, 9.17) is 5.84 Å². The van der Waals surface area contributed by atoms with Gasteiger partial charge in [-0.25, -0.2) is 5.84 Å². The largest absolute Gasteiger partial charge is 0.294 e. The van der Waals surface area contributed by atoms with Gasteiger partial charge in [0.05, 0.1) is 0 Å². The second kappa shape index (κ2) is 8.38.